The summed E-state index contributed by atoms with van der Waals surface area (Å²) in [7, 11) is 1.51. The van der Waals surface area contributed by atoms with Crippen molar-refractivity contribution in [2.24, 2.45) is 11.8 Å². The largest absolute Gasteiger partial charge is 0.481 e. The quantitative estimate of drug-likeness (QED) is 0.813. The minimum Gasteiger partial charge on any atom is -0.481 e. The Hall–Kier alpha value is -1.62. The van der Waals surface area contributed by atoms with E-state index in [9.17, 15) is 9.90 Å². The molecule has 2 N–H and O–H groups in total. The van der Waals surface area contributed by atoms with Crippen LogP contribution in [0.15, 0.2) is 18.3 Å². The van der Waals surface area contributed by atoms with Crippen LogP contribution in [-0.2, 0) is 4.79 Å². The van der Waals surface area contributed by atoms with E-state index in [1.807, 2.05) is 0 Å². The standard InChI is InChI=1S/C12H17NO4/c1-7(8(2)12(15)16)11(14)9-4-5-10(17-3)13-6-9/h4-8,11,14H,1-3H3,(H,15,16). The van der Waals surface area contributed by atoms with Gasteiger partial charge in [0.15, 0.2) is 0 Å². The summed E-state index contributed by atoms with van der Waals surface area (Å²) in [6, 6.07) is 3.32. The number of hydrogen-bond donors (Lipinski definition) is 2. The molecule has 0 aliphatic rings. The summed E-state index contributed by atoms with van der Waals surface area (Å²) < 4.78 is 4.91. The molecule has 0 fully saturated rings. The van der Waals surface area contributed by atoms with Crippen molar-refractivity contribution in [2.45, 2.75) is 20.0 Å². The average Bonchev–Trinajstić information content (AvgIpc) is 2.36. The van der Waals surface area contributed by atoms with Gasteiger partial charge < -0.3 is 14.9 Å². The molecule has 1 heterocycles. The Kier molecular flexibility index (Phi) is 4.45. The molecule has 0 radical (unpaired) electrons. The van der Waals surface area contributed by atoms with E-state index in [2.05, 4.69) is 4.98 Å². The summed E-state index contributed by atoms with van der Waals surface area (Å²) in [5, 5.41) is 18.9. The molecule has 94 valence electrons. The highest BCUT2D eigenvalue weighted by atomic mass is 16.5. The molecule has 0 bridgehead atoms. The normalized spacial score (nSPS) is 16.0. The van der Waals surface area contributed by atoms with Gasteiger partial charge >= 0.3 is 5.97 Å². The van der Waals surface area contributed by atoms with Crippen LogP contribution in [0, 0.1) is 11.8 Å². The predicted octanol–water partition coefficient (Wildman–Crippen LogP) is 1.48. The minimum atomic E-state index is -0.918. The fraction of sp³-hybridized carbons (Fsp3) is 0.500. The van der Waals surface area contributed by atoms with E-state index in [1.165, 1.54) is 13.3 Å². The second-order valence-corrected chi connectivity index (χ2v) is 4.06. The molecule has 1 aromatic heterocycles. The zero-order chi connectivity index (χ0) is 13.0. The lowest BCUT2D eigenvalue weighted by Crippen LogP contribution is -2.23. The first-order chi connectivity index (χ1) is 7.97. The topological polar surface area (TPSA) is 79.7 Å². The summed E-state index contributed by atoms with van der Waals surface area (Å²) in [5.41, 5.74) is 0.589. The Bertz CT molecular complexity index is 377. The number of methoxy groups -OCH3 is 1. The summed E-state index contributed by atoms with van der Waals surface area (Å²) in [6.45, 7) is 3.28. The number of aromatic nitrogens is 1. The second kappa shape index (κ2) is 5.63. The molecule has 0 aliphatic heterocycles. The van der Waals surface area contributed by atoms with E-state index in [1.54, 1.807) is 26.0 Å². The van der Waals surface area contributed by atoms with Crippen molar-refractivity contribution in [3.63, 3.8) is 0 Å². The van der Waals surface area contributed by atoms with Gasteiger partial charge in [0.1, 0.15) is 0 Å². The van der Waals surface area contributed by atoms with Gasteiger partial charge in [0.25, 0.3) is 0 Å². The van der Waals surface area contributed by atoms with Gasteiger partial charge in [-0.1, -0.05) is 13.8 Å². The molecule has 5 nitrogen and oxygen atoms in total. The molecular formula is C12H17NO4. The third-order valence-electron chi connectivity index (χ3n) is 2.99. The average molecular weight is 239 g/mol. The number of aliphatic hydroxyl groups excluding tert-OH is 1. The van der Waals surface area contributed by atoms with Crippen molar-refractivity contribution in [3.8, 4) is 5.88 Å². The molecule has 17 heavy (non-hydrogen) atoms. The number of hydrogen-bond acceptors (Lipinski definition) is 4. The molecule has 0 aromatic carbocycles. The van der Waals surface area contributed by atoms with Gasteiger partial charge in [-0.2, -0.15) is 0 Å². The number of rotatable bonds is 5. The van der Waals surface area contributed by atoms with Crippen molar-refractivity contribution < 1.29 is 19.7 Å². The van der Waals surface area contributed by atoms with Gasteiger partial charge in [0, 0.05) is 12.3 Å². The van der Waals surface area contributed by atoms with E-state index in [0.717, 1.165) is 0 Å². The molecule has 1 aromatic rings. The second-order valence-electron chi connectivity index (χ2n) is 4.06. The number of aliphatic carboxylic acids is 1. The Morgan fingerprint density at radius 1 is 1.41 bits per heavy atom. The van der Waals surface area contributed by atoms with E-state index >= 15 is 0 Å². The van der Waals surface area contributed by atoms with Crippen LogP contribution >= 0.6 is 0 Å². The van der Waals surface area contributed by atoms with Crippen molar-refractivity contribution in [2.75, 3.05) is 7.11 Å². The van der Waals surface area contributed by atoms with Gasteiger partial charge in [-0.3, -0.25) is 4.79 Å². The lowest BCUT2D eigenvalue weighted by atomic mass is 9.88. The summed E-state index contributed by atoms with van der Waals surface area (Å²) in [5.74, 6) is -1.47. The Balaban J connectivity index is 2.80. The Morgan fingerprint density at radius 2 is 2.06 bits per heavy atom. The van der Waals surface area contributed by atoms with Gasteiger partial charge in [0.2, 0.25) is 5.88 Å². The van der Waals surface area contributed by atoms with Gasteiger partial charge in [-0.25, -0.2) is 4.98 Å². The van der Waals surface area contributed by atoms with Gasteiger partial charge in [-0.05, 0) is 17.5 Å². The molecule has 0 spiro atoms. The summed E-state index contributed by atoms with van der Waals surface area (Å²) in [4.78, 5) is 14.8. The first kappa shape index (κ1) is 13.4. The highest BCUT2D eigenvalue weighted by Gasteiger charge is 2.27. The fourth-order valence-corrected chi connectivity index (χ4v) is 1.49. The highest BCUT2D eigenvalue weighted by molar-refractivity contribution is 5.69. The molecular weight excluding hydrogens is 222 g/mol. The lowest BCUT2D eigenvalue weighted by molar-refractivity contribution is -0.144. The maximum atomic E-state index is 10.8. The van der Waals surface area contributed by atoms with Crippen molar-refractivity contribution in [1.82, 2.24) is 4.98 Å². The van der Waals surface area contributed by atoms with Crippen LogP contribution in [0.1, 0.15) is 25.5 Å². The zero-order valence-corrected chi connectivity index (χ0v) is 10.1. The molecule has 0 saturated carbocycles. The van der Waals surface area contributed by atoms with Crippen LogP contribution in [-0.4, -0.2) is 28.3 Å². The maximum absolute atomic E-state index is 10.8. The SMILES string of the molecule is COc1ccc(C(O)C(C)C(C)C(=O)O)cn1. The van der Waals surface area contributed by atoms with Crippen molar-refractivity contribution in [1.29, 1.82) is 0 Å². The lowest BCUT2D eigenvalue weighted by Gasteiger charge is -2.22. The van der Waals surface area contributed by atoms with E-state index in [4.69, 9.17) is 9.84 Å². The molecule has 0 saturated heterocycles. The van der Waals surface area contributed by atoms with Crippen LogP contribution < -0.4 is 4.74 Å². The third-order valence-corrected chi connectivity index (χ3v) is 2.99. The number of pyridine rings is 1. The monoisotopic (exact) mass is 239 g/mol. The predicted molar refractivity (Wildman–Crippen MR) is 61.7 cm³/mol. The number of carbonyl (C=O) groups is 1. The molecule has 3 unspecified atom stereocenters. The van der Waals surface area contributed by atoms with Crippen LogP contribution in [0.2, 0.25) is 0 Å². The minimum absolute atomic E-state index is 0.386. The molecule has 3 atom stereocenters. The van der Waals surface area contributed by atoms with E-state index in [-0.39, 0.29) is 5.92 Å². The van der Waals surface area contributed by atoms with Gasteiger partial charge in [-0.15, -0.1) is 0 Å². The smallest absolute Gasteiger partial charge is 0.306 e. The zero-order valence-electron chi connectivity index (χ0n) is 10.1. The van der Waals surface area contributed by atoms with Crippen molar-refractivity contribution >= 4 is 5.97 Å². The number of aliphatic hydroxyl groups is 1. The summed E-state index contributed by atoms with van der Waals surface area (Å²) >= 11 is 0. The number of nitrogens with zero attached hydrogens (tertiary/aromatic N) is 1. The Morgan fingerprint density at radius 3 is 2.47 bits per heavy atom. The van der Waals surface area contributed by atoms with Crippen LogP contribution in [0.4, 0.5) is 0 Å². The first-order valence-electron chi connectivity index (χ1n) is 5.38. The number of ether oxygens (including phenoxy) is 1. The highest BCUT2D eigenvalue weighted by Crippen LogP contribution is 2.28. The molecule has 5 heteroatoms. The van der Waals surface area contributed by atoms with Crippen LogP contribution in [0.5, 0.6) is 5.88 Å². The Labute approximate surface area is 100 Å². The number of carboxylic acid groups (broad SMARTS) is 1. The maximum Gasteiger partial charge on any atom is 0.306 e. The fourth-order valence-electron chi connectivity index (χ4n) is 1.49. The molecule has 1 rings (SSSR count). The molecule has 0 amide bonds. The van der Waals surface area contributed by atoms with Crippen molar-refractivity contribution in [3.05, 3.63) is 23.9 Å². The van der Waals surface area contributed by atoms with Crippen LogP contribution in [0.3, 0.4) is 0 Å². The van der Waals surface area contributed by atoms with Crippen LogP contribution in [0.25, 0.3) is 0 Å². The third kappa shape index (κ3) is 3.17. The van der Waals surface area contributed by atoms with Gasteiger partial charge in [0.05, 0.1) is 19.1 Å². The van der Waals surface area contributed by atoms with E-state index in [0.29, 0.717) is 11.4 Å². The number of carboxylic acids is 1. The van der Waals surface area contributed by atoms with E-state index < -0.39 is 18.0 Å². The molecule has 0 aliphatic carbocycles. The first-order valence-corrected chi connectivity index (χ1v) is 5.38. The summed E-state index contributed by atoms with van der Waals surface area (Å²) in [6.07, 6.45) is 0.647.